The average molecular weight is 511 g/mol. The molecule has 0 N–H and O–H groups in total. The summed E-state index contributed by atoms with van der Waals surface area (Å²) < 4.78 is 23.5. The number of aromatic nitrogens is 7. The molecule has 4 aromatic rings. The van der Waals surface area contributed by atoms with Gasteiger partial charge in [-0.05, 0) is 17.3 Å². The molecule has 15 nitrogen and oxygen atoms in total. The van der Waals surface area contributed by atoms with E-state index in [1.54, 1.807) is 12.1 Å². The standard InChI is InChI=1S/C22H21N7O8/c1-11(30)33-8-16-18(34-12(2)31)19(35-13(3)32)22(36-16)28-10-25-17-20(28)23-9-24-21(17)37-29-15-7-5-4-6-14(15)26-27-29/h4-7,9-10,16,18-19,22H,8H2,1-3H3/t16-,18-,19-,22-/m1/s1. The molecule has 0 amide bonds. The van der Waals surface area contributed by atoms with E-state index < -0.39 is 42.4 Å². The lowest BCUT2D eigenvalue weighted by atomic mass is 10.1. The summed E-state index contributed by atoms with van der Waals surface area (Å²) in [5.74, 6) is -1.74. The Labute approximate surface area is 208 Å². The van der Waals surface area contributed by atoms with E-state index in [0.717, 1.165) is 0 Å². The predicted molar refractivity (Wildman–Crippen MR) is 121 cm³/mol. The lowest BCUT2D eigenvalue weighted by Crippen LogP contribution is -2.40. The maximum absolute atomic E-state index is 11.9. The van der Waals surface area contributed by atoms with Crippen LogP contribution in [0.5, 0.6) is 5.88 Å². The van der Waals surface area contributed by atoms with Crippen molar-refractivity contribution in [3.8, 4) is 5.88 Å². The molecule has 1 saturated heterocycles. The van der Waals surface area contributed by atoms with Crippen LogP contribution in [0, 0.1) is 0 Å². The number of imidazole rings is 1. The van der Waals surface area contributed by atoms with Crippen molar-refractivity contribution in [3.05, 3.63) is 36.9 Å². The van der Waals surface area contributed by atoms with Gasteiger partial charge in [-0.2, -0.15) is 4.98 Å². The van der Waals surface area contributed by atoms with Crippen LogP contribution >= 0.6 is 0 Å². The molecular weight excluding hydrogens is 490 g/mol. The highest BCUT2D eigenvalue weighted by molar-refractivity contribution is 5.77. The molecule has 0 spiro atoms. The Morgan fingerprint density at radius 2 is 1.73 bits per heavy atom. The normalized spacial score (nSPS) is 21.2. The molecule has 1 aliphatic heterocycles. The third-order valence-electron chi connectivity index (χ3n) is 5.43. The Bertz CT molecular complexity index is 1480. The van der Waals surface area contributed by atoms with Crippen LogP contribution in [0.1, 0.15) is 27.0 Å². The molecule has 1 aliphatic rings. The van der Waals surface area contributed by atoms with Crippen LogP contribution in [0.15, 0.2) is 36.9 Å². The number of ether oxygens (including phenoxy) is 4. The Balaban J connectivity index is 1.51. The van der Waals surface area contributed by atoms with E-state index in [2.05, 4.69) is 25.3 Å². The van der Waals surface area contributed by atoms with E-state index in [9.17, 15) is 14.4 Å². The van der Waals surface area contributed by atoms with Crippen molar-refractivity contribution in [3.63, 3.8) is 0 Å². The van der Waals surface area contributed by atoms with E-state index in [4.69, 9.17) is 23.8 Å². The van der Waals surface area contributed by atoms with Crippen LogP contribution in [0.25, 0.3) is 22.2 Å². The number of fused-ring (bicyclic) bond motifs is 2. The summed E-state index contributed by atoms with van der Waals surface area (Å²) in [6.45, 7) is 3.41. The Kier molecular flexibility index (Phi) is 6.35. The van der Waals surface area contributed by atoms with Gasteiger partial charge in [0, 0.05) is 20.8 Å². The fourth-order valence-corrected chi connectivity index (χ4v) is 4.00. The quantitative estimate of drug-likeness (QED) is 0.251. The van der Waals surface area contributed by atoms with Crippen LogP contribution in [0.2, 0.25) is 0 Å². The van der Waals surface area contributed by atoms with Crippen molar-refractivity contribution >= 4 is 40.1 Å². The molecule has 192 valence electrons. The second-order valence-corrected chi connectivity index (χ2v) is 8.06. The number of esters is 3. The fraction of sp³-hybridized carbons (Fsp3) is 0.364. The monoisotopic (exact) mass is 511 g/mol. The molecule has 15 heteroatoms. The van der Waals surface area contributed by atoms with E-state index >= 15 is 0 Å². The molecule has 1 fully saturated rings. The van der Waals surface area contributed by atoms with Crippen molar-refractivity contribution in [2.24, 2.45) is 0 Å². The van der Waals surface area contributed by atoms with E-state index in [1.165, 1.54) is 42.8 Å². The van der Waals surface area contributed by atoms with Gasteiger partial charge < -0.3 is 23.8 Å². The number of rotatable bonds is 7. The maximum atomic E-state index is 11.9. The zero-order valence-corrected chi connectivity index (χ0v) is 19.9. The first-order chi connectivity index (χ1) is 17.8. The van der Waals surface area contributed by atoms with E-state index in [-0.39, 0.29) is 23.7 Å². The van der Waals surface area contributed by atoms with Gasteiger partial charge in [0.25, 0.3) is 5.88 Å². The predicted octanol–water partition coefficient (Wildman–Crippen LogP) is 0.737. The van der Waals surface area contributed by atoms with Gasteiger partial charge in [0.05, 0.1) is 6.33 Å². The number of hydrogen-bond acceptors (Lipinski definition) is 13. The summed E-state index contributed by atoms with van der Waals surface area (Å²) in [5, 5.41) is 8.03. The summed E-state index contributed by atoms with van der Waals surface area (Å²) in [5.41, 5.74) is 1.75. The van der Waals surface area contributed by atoms with Crippen molar-refractivity contribution in [1.29, 1.82) is 0 Å². The van der Waals surface area contributed by atoms with Crippen LogP contribution in [-0.4, -0.2) is 77.5 Å². The zero-order chi connectivity index (χ0) is 26.1. The molecule has 5 rings (SSSR count). The van der Waals surface area contributed by atoms with Crippen molar-refractivity contribution in [2.45, 2.75) is 45.3 Å². The van der Waals surface area contributed by atoms with E-state index in [0.29, 0.717) is 11.0 Å². The Hall–Kier alpha value is -4.66. The molecule has 4 heterocycles. The van der Waals surface area contributed by atoms with Gasteiger partial charge in [0.15, 0.2) is 29.6 Å². The second kappa shape index (κ2) is 9.77. The van der Waals surface area contributed by atoms with E-state index in [1.807, 2.05) is 12.1 Å². The van der Waals surface area contributed by atoms with Crippen molar-refractivity contribution < 1.29 is 38.2 Å². The van der Waals surface area contributed by atoms with Gasteiger partial charge in [-0.1, -0.05) is 17.0 Å². The molecular formula is C22H21N7O8. The summed E-state index contributed by atoms with van der Waals surface area (Å²) >= 11 is 0. The van der Waals surface area contributed by atoms with Gasteiger partial charge in [0.2, 0.25) is 0 Å². The number of carbonyl (C=O) groups is 3. The highest BCUT2D eigenvalue weighted by Gasteiger charge is 2.51. The third-order valence-corrected chi connectivity index (χ3v) is 5.43. The third kappa shape index (κ3) is 4.75. The Morgan fingerprint density at radius 3 is 2.49 bits per heavy atom. The summed E-state index contributed by atoms with van der Waals surface area (Å²) in [6, 6.07) is 7.20. The highest BCUT2D eigenvalue weighted by Crippen LogP contribution is 2.36. The Morgan fingerprint density at radius 1 is 0.973 bits per heavy atom. The van der Waals surface area contributed by atoms with Crippen LogP contribution in [0.3, 0.4) is 0 Å². The number of benzene rings is 1. The number of hydrogen-bond donors (Lipinski definition) is 0. The maximum Gasteiger partial charge on any atom is 0.303 e. The minimum atomic E-state index is -1.10. The minimum absolute atomic E-state index is 0.0782. The molecule has 37 heavy (non-hydrogen) atoms. The summed E-state index contributed by atoms with van der Waals surface area (Å²) in [7, 11) is 0. The number of para-hydroxylation sites is 1. The number of carbonyl (C=O) groups excluding carboxylic acids is 3. The first-order valence-corrected chi connectivity index (χ1v) is 11.1. The topological polar surface area (TPSA) is 172 Å². The van der Waals surface area contributed by atoms with Gasteiger partial charge in [-0.15, -0.1) is 5.10 Å². The van der Waals surface area contributed by atoms with Gasteiger partial charge >= 0.3 is 17.9 Å². The molecule has 0 saturated carbocycles. The largest absolute Gasteiger partial charge is 0.463 e. The summed E-state index contributed by atoms with van der Waals surface area (Å²) in [4.78, 5) is 55.0. The van der Waals surface area contributed by atoms with Crippen molar-refractivity contribution in [1.82, 2.24) is 34.7 Å². The minimum Gasteiger partial charge on any atom is -0.463 e. The number of nitrogens with zero attached hydrogens (tertiary/aromatic N) is 7. The van der Waals surface area contributed by atoms with Crippen LogP contribution in [0.4, 0.5) is 0 Å². The molecule has 3 aromatic heterocycles. The van der Waals surface area contributed by atoms with Gasteiger partial charge in [0.1, 0.15) is 30.1 Å². The molecule has 4 atom stereocenters. The first kappa shape index (κ1) is 24.1. The molecule has 0 bridgehead atoms. The van der Waals surface area contributed by atoms with Crippen LogP contribution in [-0.2, 0) is 33.3 Å². The lowest BCUT2D eigenvalue weighted by molar-refractivity contribution is -0.166. The zero-order valence-electron chi connectivity index (χ0n) is 19.9. The smallest absolute Gasteiger partial charge is 0.303 e. The summed E-state index contributed by atoms with van der Waals surface area (Å²) in [6.07, 6.45) is -1.48. The van der Waals surface area contributed by atoms with Crippen LogP contribution < -0.4 is 4.84 Å². The molecule has 0 radical (unpaired) electrons. The first-order valence-electron chi connectivity index (χ1n) is 11.1. The molecule has 0 unspecified atom stereocenters. The average Bonchev–Trinajstić information content (AvgIpc) is 3.54. The fourth-order valence-electron chi connectivity index (χ4n) is 4.00. The highest BCUT2D eigenvalue weighted by atomic mass is 16.7. The lowest BCUT2D eigenvalue weighted by Gasteiger charge is -2.23. The molecule has 1 aromatic carbocycles. The van der Waals surface area contributed by atoms with Gasteiger partial charge in [-0.25, -0.2) is 9.97 Å². The molecule has 0 aliphatic carbocycles. The van der Waals surface area contributed by atoms with Crippen molar-refractivity contribution in [2.75, 3.05) is 6.61 Å². The second-order valence-electron chi connectivity index (χ2n) is 8.06. The van der Waals surface area contributed by atoms with Gasteiger partial charge in [-0.3, -0.25) is 19.0 Å². The SMILES string of the molecule is CC(=O)OC[C@H]1O[C@@H](n2cnc3c(On4nnc5ccccc54)ncnc32)[C@H](OC(C)=O)[C@@H]1OC(C)=O.